The standard InChI is InChI=1S/C14H17F3N4O/c1-13(2,3)6-12(22)18-7-11-20-19-10-5-4-9(8-21(10)11)14(15,16)17/h4-5,8H,6-7H2,1-3H3,(H,18,22). The highest BCUT2D eigenvalue weighted by Gasteiger charge is 2.31. The number of carbonyl (C=O) groups is 1. The average molecular weight is 314 g/mol. The Hall–Kier alpha value is -2.12. The number of rotatable bonds is 3. The average Bonchev–Trinajstić information content (AvgIpc) is 2.75. The maximum atomic E-state index is 12.7. The van der Waals surface area contributed by atoms with E-state index in [0.29, 0.717) is 12.1 Å². The second-order valence-corrected chi connectivity index (χ2v) is 6.27. The molecule has 2 rings (SSSR count). The number of halogens is 3. The van der Waals surface area contributed by atoms with Gasteiger partial charge < -0.3 is 5.32 Å². The second kappa shape index (κ2) is 5.58. The molecule has 0 aromatic carbocycles. The lowest BCUT2D eigenvalue weighted by atomic mass is 9.92. The number of hydrogen-bond acceptors (Lipinski definition) is 3. The maximum Gasteiger partial charge on any atom is 0.417 e. The summed E-state index contributed by atoms with van der Waals surface area (Å²) in [6.07, 6.45) is -3.19. The second-order valence-electron chi connectivity index (χ2n) is 6.27. The Morgan fingerprint density at radius 1 is 1.23 bits per heavy atom. The molecule has 8 heteroatoms. The molecule has 0 spiro atoms. The van der Waals surface area contributed by atoms with Crippen LogP contribution in [0.3, 0.4) is 0 Å². The number of amides is 1. The molecule has 2 aromatic heterocycles. The molecule has 0 radical (unpaired) electrons. The van der Waals surface area contributed by atoms with E-state index in [-0.39, 0.29) is 23.7 Å². The quantitative estimate of drug-likeness (QED) is 0.947. The lowest BCUT2D eigenvalue weighted by Crippen LogP contribution is -2.27. The van der Waals surface area contributed by atoms with E-state index < -0.39 is 11.7 Å². The molecular formula is C14H17F3N4O. The number of hydrogen-bond donors (Lipinski definition) is 1. The predicted molar refractivity (Wildman–Crippen MR) is 73.9 cm³/mol. The number of carbonyl (C=O) groups excluding carboxylic acids is 1. The molecule has 1 amide bonds. The molecule has 0 unspecified atom stereocenters. The topological polar surface area (TPSA) is 59.3 Å². The molecule has 0 aliphatic rings. The van der Waals surface area contributed by atoms with E-state index in [1.807, 2.05) is 20.8 Å². The maximum absolute atomic E-state index is 12.7. The zero-order valence-corrected chi connectivity index (χ0v) is 12.5. The van der Waals surface area contributed by atoms with Gasteiger partial charge in [-0.3, -0.25) is 9.20 Å². The fourth-order valence-electron chi connectivity index (χ4n) is 1.95. The number of pyridine rings is 1. The Balaban J connectivity index is 2.16. The molecule has 0 saturated heterocycles. The van der Waals surface area contributed by atoms with E-state index in [4.69, 9.17) is 0 Å². The van der Waals surface area contributed by atoms with Crippen molar-refractivity contribution < 1.29 is 18.0 Å². The molecule has 0 bridgehead atoms. The van der Waals surface area contributed by atoms with Gasteiger partial charge in [0.05, 0.1) is 12.1 Å². The molecule has 0 aliphatic heterocycles. The first-order valence-electron chi connectivity index (χ1n) is 6.74. The summed E-state index contributed by atoms with van der Waals surface area (Å²) in [7, 11) is 0. The van der Waals surface area contributed by atoms with Gasteiger partial charge in [0, 0.05) is 12.6 Å². The zero-order valence-electron chi connectivity index (χ0n) is 12.5. The summed E-state index contributed by atoms with van der Waals surface area (Å²) in [5, 5.41) is 10.3. The Morgan fingerprint density at radius 3 is 2.50 bits per heavy atom. The van der Waals surface area contributed by atoms with Crippen molar-refractivity contribution in [1.29, 1.82) is 0 Å². The Bertz CT molecular complexity index is 685. The molecule has 2 heterocycles. The van der Waals surface area contributed by atoms with E-state index in [1.54, 1.807) is 0 Å². The van der Waals surface area contributed by atoms with Crippen LogP contribution >= 0.6 is 0 Å². The zero-order chi connectivity index (χ0) is 16.5. The summed E-state index contributed by atoms with van der Waals surface area (Å²) in [5.41, 5.74) is -0.657. The van der Waals surface area contributed by atoms with Gasteiger partial charge in [-0.05, 0) is 17.5 Å². The van der Waals surface area contributed by atoms with Crippen LogP contribution in [-0.2, 0) is 17.5 Å². The van der Waals surface area contributed by atoms with Crippen molar-refractivity contribution >= 4 is 11.6 Å². The molecule has 120 valence electrons. The molecule has 0 aliphatic carbocycles. The number of aromatic nitrogens is 3. The number of nitrogens with one attached hydrogen (secondary N) is 1. The molecule has 22 heavy (non-hydrogen) atoms. The van der Waals surface area contributed by atoms with Gasteiger partial charge in [0.1, 0.15) is 0 Å². The first-order chi connectivity index (χ1) is 10.1. The van der Waals surface area contributed by atoms with Gasteiger partial charge in [0.25, 0.3) is 0 Å². The van der Waals surface area contributed by atoms with E-state index in [0.717, 1.165) is 12.3 Å². The molecule has 0 fully saturated rings. The van der Waals surface area contributed by atoms with E-state index >= 15 is 0 Å². The summed E-state index contributed by atoms with van der Waals surface area (Å²) < 4.78 is 39.4. The van der Waals surface area contributed by atoms with Crippen LogP contribution in [0.4, 0.5) is 13.2 Å². The lowest BCUT2D eigenvalue weighted by molar-refractivity contribution is -0.137. The first kappa shape index (κ1) is 16.3. The van der Waals surface area contributed by atoms with Crippen LogP contribution in [0, 0.1) is 5.41 Å². The molecule has 0 saturated carbocycles. The van der Waals surface area contributed by atoms with Gasteiger partial charge in [-0.1, -0.05) is 20.8 Å². The fraction of sp³-hybridized carbons (Fsp3) is 0.500. The smallest absolute Gasteiger partial charge is 0.349 e. The van der Waals surface area contributed by atoms with Crippen molar-refractivity contribution in [3.63, 3.8) is 0 Å². The summed E-state index contributed by atoms with van der Waals surface area (Å²) in [5.74, 6) is 0.0691. The SMILES string of the molecule is CC(C)(C)CC(=O)NCc1nnc2ccc(C(F)(F)F)cn12. The number of nitrogens with zero attached hydrogens (tertiary/aromatic N) is 3. The van der Waals surface area contributed by atoms with Crippen molar-refractivity contribution in [1.82, 2.24) is 19.9 Å². The molecule has 5 nitrogen and oxygen atoms in total. The van der Waals surface area contributed by atoms with Gasteiger partial charge >= 0.3 is 6.18 Å². The predicted octanol–water partition coefficient (Wildman–Crippen LogP) is 2.80. The minimum absolute atomic E-state index is 0.0252. The van der Waals surface area contributed by atoms with Crippen LogP contribution in [0.1, 0.15) is 38.6 Å². The largest absolute Gasteiger partial charge is 0.417 e. The Morgan fingerprint density at radius 2 is 1.91 bits per heavy atom. The van der Waals surface area contributed by atoms with E-state index in [9.17, 15) is 18.0 Å². The minimum atomic E-state index is -4.44. The monoisotopic (exact) mass is 314 g/mol. The van der Waals surface area contributed by atoms with Crippen LogP contribution in [-0.4, -0.2) is 20.5 Å². The molecule has 0 atom stereocenters. The van der Waals surface area contributed by atoms with E-state index in [2.05, 4.69) is 15.5 Å². The Labute approximate surface area is 125 Å². The minimum Gasteiger partial charge on any atom is -0.349 e. The van der Waals surface area contributed by atoms with Gasteiger partial charge in [-0.15, -0.1) is 10.2 Å². The van der Waals surface area contributed by atoms with Crippen LogP contribution in [0.5, 0.6) is 0 Å². The lowest BCUT2D eigenvalue weighted by Gasteiger charge is -2.17. The third kappa shape index (κ3) is 3.96. The number of alkyl halides is 3. The highest BCUT2D eigenvalue weighted by Crippen LogP contribution is 2.29. The van der Waals surface area contributed by atoms with Gasteiger partial charge in [0.2, 0.25) is 5.91 Å². The summed E-state index contributed by atoms with van der Waals surface area (Å²) >= 11 is 0. The fourth-order valence-corrected chi connectivity index (χ4v) is 1.95. The van der Waals surface area contributed by atoms with E-state index in [1.165, 1.54) is 10.5 Å². The molecule has 1 N–H and O–H groups in total. The Kier molecular flexibility index (Phi) is 4.12. The van der Waals surface area contributed by atoms with Crippen molar-refractivity contribution in [3.8, 4) is 0 Å². The van der Waals surface area contributed by atoms with Gasteiger partial charge in [-0.2, -0.15) is 13.2 Å². The van der Waals surface area contributed by atoms with Crippen molar-refractivity contribution in [2.45, 2.75) is 39.9 Å². The normalized spacial score (nSPS) is 12.6. The number of fused-ring (bicyclic) bond motifs is 1. The summed E-state index contributed by atoms with van der Waals surface area (Å²) in [4.78, 5) is 11.8. The summed E-state index contributed by atoms with van der Waals surface area (Å²) in [6, 6.07) is 2.20. The van der Waals surface area contributed by atoms with Crippen molar-refractivity contribution in [2.75, 3.05) is 0 Å². The van der Waals surface area contributed by atoms with Gasteiger partial charge in [0.15, 0.2) is 11.5 Å². The van der Waals surface area contributed by atoms with Crippen LogP contribution < -0.4 is 5.32 Å². The summed E-state index contributed by atoms with van der Waals surface area (Å²) in [6.45, 7) is 5.80. The third-order valence-electron chi connectivity index (χ3n) is 2.93. The van der Waals surface area contributed by atoms with Gasteiger partial charge in [-0.25, -0.2) is 0 Å². The van der Waals surface area contributed by atoms with Crippen LogP contribution in [0.2, 0.25) is 0 Å². The molecule has 2 aromatic rings. The van der Waals surface area contributed by atoms with Crippen LogP contribution in [0.25, 0.3) is 5.65 Å². The van der Waals surface area contributed by atoms with Crippen molar-refractivity contribution in [3.05, 3.63) is 29.7 Å². The van der Waals surface area contributed by atoms with Crippen LogP contribution in [0.15, 0.2) is 18.3 Å². The molecular weight excluding hydrogens is 297 g/mol. The third-order valence-corrected chi connectivity index (χ3v) is 2.93. The highest BCUT2D eigenvalue weighted by atomic mass is 19.4. The van der Waals surface area contributed by atoms with Crippen molar-refractivity contribution in [2.24, 2.45) is 5.41 Å². The first-order valence-corrected chi connectivity index (χ1v) is 6.74. The highest BCUT2D eigenvalue weighted by molar-refractivity contribution is 5.76.